The van der Waals surface area contributed by atoms with Gasteiger partial charge in [-0.3, -0.25) is 0 Å². The molecular formula is C28H40O2S. The Bertz CT molecular complexity index is 791. The lowest BCUT2D eigenvalue weighted by Gasteiger charge is -2.39. The van der Waals surface area contributed by atoms with Gasteiger partial charge in [0.15, 0.2) is 0 Å². The van der Waals surface area contributed by atoms with E-state index in [2.05, 4.69) is 69.3 Å². The van der Waals surface area contributed by atoms with Gasteiger partial charge in [-0.25, -0.2) is 0 Å². The number of hydrogen-bond acceptors (Lipinski definition) is 3. The minimum Gasteiger partial charge on any atom is -0.494 e. The highest BCUT2D eigenvalue weighted by Crippen LogP contribution is 2.51. The molecule has 1 N–H and O–H groups in total. The summed E-state index contributed by atoms with van der Waals surface area (Å²) in [5, 5.41) is 11.8. The van der Waals surface area contributed by atoms with Crippen molar-refractivity contribution in [1.29, 1.82) is 0 Å². The number of thioether (sulfide) groups is 1. The molecule has 0 spiro atoms. The fraction of sp³-hybridized carbons (Fsp3) is 0.571. The van der Waals surface area contributed by atoms with Crippen LogP contribution in [0.5, 0.6) is 5.75 Å². The maximum atomic E-state index is 11.8. The molecule has 0 aromatic heterocycles. The van der Waals surface area contributed by atoms with Crippen LogP contribution >= 0.6 is 11.8 Å². The smallest absolute Gasteiger partial charge is 0.120 e. The van der Waals surface area contributed by atoms with E-state index in [1.54, 1.807) is 0 Å². The fourth-order valence-electron chi connectivity index (χ4n) is 4.79. The van der Waals surface area contributed by atoms with Crippen molar-refractivity contribution >= 4 is 11.8 Å². The van der Waals surface area contributed by atoms with E-state index in [-0.39, 0.29) is 17.4 Å². The lowest BCUT2D eigenvalue weighted by Crippen LogP contribution is -2.40. The van der Waals surface area contributed by atoms with Crippen LogP contribution in [0.25, 0.3) is 0 Å². The van der Waals surface area contributed by atoms with Gasteiger partial charge in [0, 0.05) is 22.0 Å². The number of unbranched alkanes of at least 4 members (excludes halogenated alkanes) is 4. The normalized spacial score (nSPS) is 23.2. The first-order chi connectivity index (χ1) is 15.1. The molecule has 3 rings (SSSR count). The number of rotatable bonds is 11. The van der Waals surface area contributed by atoms with Crippen molar-refractivity contribution in [2.45, 2.75) is 89.1 Å². The third-order valence-electron chi connectivity index (χ3n) is 6.94. The molecule has 0 aliphatic carbocycles. The van der Waals surface area contributed by atoms with Gasteiger partial charge in [0.05, 0.1) is 12.7 Å². The van der Waals surface area contributed by atoms with Crippen LogP contribution in [-0.2, 0) is 0 Å². The standard InChI is InChI=1S/C28H40O2S/c1-4-7-9-13-19-30-23-16-17-24-25(20-23)31-21-28(6-3,18-8-5-2)27(29)26(24)22-14-11-10-12-15-22/h10-12,14-17,20,26-27,29H,4-9,13,18-19,21H2,1-3H3/t26-,27-,28+/m1/s1. The summed E-state index contributed by atoms with van der Waals surface area (Å²) in [4.78, 5) is 1.27. The molecule has 0 saturated carbocycles. The summed E-state index contributed by atoms with van der Waals surface area (Å²) in [6.45, 7) is 7.51. The molecular weight excluding hydrogens is 400 g/mol. The zero-order chi connectivity index (χ0) is 22.1. The summed E-state index contributed by atoms with van der Waals surface area (Å²) >= 11 is 1.92. The van der Waals surface area contributed by atoms with E-state index < -0.39 is 0 Å². The number of ether oxygens (including phenoxy) is 1. The Hall–Kier alpha value is -1.45. The van der Waals surface area contributed by atoms with Crippen molar-refractivity contribution < 1.29 is 9.84 Å². The van der Waals surface area contributed by atoms with Crippen molar-refractivity contribution in [3.05, 3.63) is 59.7 Å². The molecule has 1 heterocycles. The molecule has 3 atom stereocenters. The largest absolute Gasteiger partial charge is 0.494 e. The molecule has 3 heteroatoms. The van der Waals surface area contributed by atoms with Gasteiger partial charge in [0.2, 0.25) is 0 Å². The van der Waals surface area contributed by atoms with Crippen LogP contribution in [-0.4, -0.2) is 23.6 Å². The maximum Gasteiger partial charge on any atom is 0.120 e. The molecule has 2 aromatic rings. The summed E-state index contributed by atoms with van der Waals surface area (Å²) in [5.41, 5.74) is 2.39. The molecule has 1 aliphatic heterocycles. The van der Waals surface area contributed by atoms with Gasteiger partial charge in [-0.2, -0.15) is 0 Å². The second-order valence-electron chi connectivity index (χ2n) is 9.05. The number of fused-ring (bicyclic) bond motifs is 1. The zero-order valence-electron chi connectivity index (χ0n) is 19.6. The zero-order valence-corrected chi connectivity index (χ0v) is 20.4. The Balaban J connectivity index is 1.91. The Morgan fingerprint density at radius 3 is 2.45 bits per heavy atom. The van der Waals surface area contributed by atoms with E-state index in [4.69, 9.17) is 4.74 Å². The van der Waals surface area contributed by atoms with Crippen LogP contribution in [0.3, 0.4) is 0 Å². The average molecular weight is 441 g/mol. The molecule has 2 aromatic carbocycles. The molecule has 31 heavy (non-hydrogen) atoms. The van der Waals surface area contributed by atoms with Crippen LogP contribution in [0.2, 0.25) is 0 Å². The Morgan fingerprint density at radius 2 is 1.74 bits per heavy atom. The fourth-order valence-corrected chi connectivity index (χ4v) is 6.32. The summed E-state index contributed by atoms with van der Waals surface area (Å²) in [5.74, 6) is 1.92. The maximum absolute atomic E-state index is 11.8. The van der Waals surface area contributed by atoms with Gasteiger partial charge >= 0.3 is 0 Å². The summed E-state index contributed by atoms with van der Waals surface area (Å²) in [7, 11) is 0. The van der Waals surface area contributed by atoms with Crippen molar-refractivity contribution in [2.75, 3.05) is 12.4 Å². The molecule has 0 amide bonds. The third-order valence-corrected chi connectivity index (χ3v) is 8.32. The minimum absolute atomic E-state index is 0.00149. The molecule has 0 fully saturated rings. The molecule has 0 unspecified atom stereocenters. The van der Waals surface area contributed by atoms with Crippen LogP contribution in [0, 0.1) is 5.41 Å². The van der Waals surface area contributed by atoms with Gasteiger partial charge in [-0.1, -0.05) is 89.3 Å². The molecule has 0 saturated heterocycles. The predicted octanol–water partition coefficient (Wildman–Crippen LogP) is 7.83. The molecule has 0 bridgehead atoms. The van der Waals surface area contributed by atoms with Crippen LogP contribution in [0.1, 0.15) is 89.2 Å². The first-order valence-corrected chi connectivity index (χ1v) is 13.3. The van der Waals surface area contributed by atoms with Crippen molar-refractivity contribution in [3.63, 3.8) is 0 Å². The highest BCUT2D eigenvalue weighted by molar-refractivity contribution is 7.99. The molecule has 1 aliphatic rings. The van der Waals surface area contributed by atoms with Crippen LogP contribution < -0.4 is 4.74 Å². The van der Waals surface area contributed by atoms with Gasteiger partial charge in [0.1, 0.15) is 5.75 Å². The number of aliphatic hydroxyl groups excluding tert-OH is 1. The number of benzene rings is 2. The third kappa shape index (κ3) is 5.87. The topological polar surface area (TPSA) is 29.5 Å². The van der Waals surface area contributed by atoms with E-state index in [9.17, 15) is 5.11 Å². The van der Waals surface area contributed by atoms with Crippen LogP contribution in [0.4, 0.5) is 0 Å². The Morgan fingerprint density at radius 1 is 0.968 bits per heavy atom. The predicted molar refractivity (Wildman–Crippen MR) is 133 cm³/mol. The highest BCUT2D eigenvalue weighted by Gasteiger charge is 2.44. The average Bonchev–Trinajstić information content (AvgIpc) is 2.92. The van der Waals surface area contributed by atoms with E-state index in [0.717, 1.165) is 50.2 Å². The monoisotopic (exact) mass is 440 g/mol. The SMILES string of the molecule is CCCCCCOc1ccc2c(c1)SC[C@](CC)(CCCC)[C@H](O)[C@@H]2c1ccccc1. The van der Waals surface area contributed by atoms with Gasteiger partial charge in [0.25, 0.3) is 0 Å². The minimum atomic E-state index is -0.388. The van der Waals surface area contributed by atoms with Crippen molar-refractivity contribution in [3.8, 4) is 5.75 Å². The first-order valence-electron chi connectivity index (χ1n) is 12.3. The molecule has 2 nitrogen and oxygen atoms in total. The van der Waals surface area contributed by atoms with Gasteiger partial charge < -0.3 is 9.84 Å². The first kappa shape index (κ1) is 24.2. The lowest BCUT2D eigenvalue weighted by atomic mass is 9.69. The second kappa shape index (κ2) is 12.0. The van der Waals surface area contributed by atoms with Gasteiger partial charge in [-0.15, -0.1) is 11.8 Å². The second-order valence-corrected chi connectivity index (χ2v) is 10.1. The number of hydrogen-bond donors (Lipinski definition) is 1. The highest BCUT2D eigenvalue weighted by atomic mass is 32.2. The Labute approximate surface area is 193 Å². The lowest BCUT2D eigenvalue weighted by molar-refractivity contribution is 0.0182. The van der Waals surface area contributed by atoms with E-state index >= 15 is 0 Å². The van der Waals surface area contributed by atoms with E-state index in [0.29, 0.717) is 0 Å². The summed E-state index contributed by atoms with van der Waals surface area (Å²) in [6.07, 6.45) is 8.88. The van der Waals surface area contributed by atoms with Crippen molar-refractivity contribution in [2.24, 2.45) is 5.41 Å². The van der Waals surface area contributed by atoms with E-state index in [1.165, 1.54) is 35.3 Å². The Kier molecular flexibility index (Phi) is 9.34. The van der Waals surface area contributed by atoms with E-state index in [1.807, 2.05) is 11.8 Å². The number of aliphatic hydroxyl groups is 1. The van der Waals surface area contributed by atoms with Crippen LogP contribution in [0.15, 0.2) is 53.4 Å². The summed E-state index contributed by atoms with van der Waals surface area (Å²) < 4.78 is 6.09. The van der Waals surface area contributed by atoms with Gasteiger partial charge in [-0.05, 0) is 42.5 Å². The molecule has 0 radical (unpaired) electrons. The molecule has 170 valence electrons. The summed E-state index contributed by atoms with van der Waals surface area (Å²) in [6, 6.07) is 17.1. The van der Waals surface area contributed by atoms with Crippen molar-refractivity contribution in [1.82, 2.24) is 0 Å². The quantitative estimate of drug-likeness (QED) is 0.361.